The standard InChI is InChI=1S/C5H10Cl3O4P/c1-5(2,3-6)4-10-13(9,11-7)12-8/h3-4H2,1-2H3. The van der Waals surface area contributed by atoms with Gasteiger partial charge in [0.1, 0.15) is 0 Å². The van der Waals surface area contributed by atoms with Gasteiger partial charge in [0.05, 0.1) is 30.3 Å². The summed E-state index contributed by atoms with van der Waals surface area (Å²) in [6, 6.07) is 0. The smallest absolute Gasteiger partial charge is 0.284 e. The number of hydrogen-bond donors (Lipinski definition) is 0. The Morgan fingerprint density at radius 1 is 1.31 bits per heavy atom. The van der Waals surface area contributed by atoms with Crippen molar-refractivity contribution in [2.24, 2.45) is 5.41 Å². The largest absolute Gasteiger partial charge is 0.507 e. The minimum Gasteiger partial charge on any atom is -0.284 e. The zero-order chi connectivity index (χ0) is 10.5. The molecule has 0 amide bonds. The molecule has 0 aliphatic carbocycles. The van der Waals surface area contributed by atoms with Crippen LogP contribution in [0.1, 0.15) is 13.8 Å². The van der Waals surface area contributed by atoms with Crippen LogP contribution < -0.4 is 0 Å². The zero-order valence-corrected chi connectivity index (χ0v) is 10.3. The third-order valence-electron chi connectivity index (χ3n) is 1.14. The van der Waals surface area contributed by atoms with Crippen molar-refractivity contribution in [3.05, 3.63) is 0 Å². The summed E-state index contributed by atoms with van der Waals surface area (Å²) in [4.78, 5) is 0. The van der Waals surface area contributed by atoms with E-state index in [2.05, 4.69) is 8.15 Å². The monoisotopic (exact) mass is 270 g/mol. The summed E-state index contributed by atoms with van der Waals surface area (Å²) in [6.45, 7) is 3.69. The van der Waals surface area contributed by atoms with Crippen LogP contribution in [0.15, 0.2) is 0 Å². The molecule has 0 N–H and O–H groups in total. The van der Waals surface area contributed by atoms with Crippen LogP contribution >= 0.6 is 43.2 Å². The minimum absolute atomic E-state index is 0.0627. The Hall–Kier alpha value is 0.980. The lowest BCUT2D eigenvalue weighted by atomic mass is 9.99. The van der Waals surface area contributed by atoms with Gasteiger partial charge in [-0.05, 0) is 0 Å². The Morgan fingerprint density at radius 2 is 1.77 bits per heavy atom. The maximum Gasteiger partial charge on any atom is 0.507 e. The molecule has 0 spiro atoms. The van der Waals surface area contributed by atoms with E-state index in [0.29, 0.717) is 5.88 Å². The molecule has 4 nitrogen and oxygen atoms in total. The fourth-order valence-electron chi connectivity index (χ4n) is 0.343. The molecule has 0 aliphatic heterocycles. The van der Waals surface area contributed by atoms with Crippen LogP contribution in [0, 0.1) is 5.41 Å². The lowest BCUT2D eigenvalue weighted by Gasteiger charge is -2.21. The van der Waals surface area contributed by atoms with Crippen LogP contribution in [0.4, 0.5) is 0 Å². The second-order valence-corrected chi connectivity index (χ2v) is 5.68. The van der Waals surface area contributed by atoms with E-state index < -0.39 is 7.82 Å². The van der Waals surface area contributed by atoms with Gasteiger partial charge in [0, 0.05) is 11.3 Å². The zero-order valence-electron chi connectivity index (χ0n) is 7.13. The number of alkyl halides is 1. The summed E-state index contributed by atoms with van der Waals surface area (Å²) in [5.74, 6) is 0.331. The molecule has 8 heteroatoms. The molecule has 0 fully saturated rings. The number of halogens is 3. The van der Waals surface area contributed by atoms with E-state index in [1.54, 1.807) is 0 Å². The molecule has 0 bridgehead atoms. The first kappa shape index (κ1) is 14.0. The quantitative estimate of drug-likeness (QED) is 0.545. The van der Waals surface area contributed by atoms with E-state index in [1.807, 2.05) is 13.8 Å². The van der Waals surface area contributed by atoms with Gasteiger partial charge in [0.2, 0.25) is 0 Å². The minimum atomic E-state index is -3.82. The molecule has 0 aromatic heterocycles. The lowest BCUT2D eigenvalue weighted by Crippen LogP contribution is -2.20. The average molecular weight is 271 g/mol. The van der Waals surface area contributed by atoms with Crippen molar-refractivity contribution in [1.29, 1.82) is 0 Å². The second kappa shape index (κ2) is 5.76. The molecule has 0 radical (unpaired) electrons. The number of rotatable bonds is 6. The van der Waals surface area contributed by atoms with Gasteiger partial charge >= 0.3 is 7.82 Å². The molecule has 13 heavy (non-hydrogen) atoms. The third kappa shape index (κ3) is 5.43. The van der Waals surface area contributed by atoms with Crippen LogP contribution in [0.25, 0.3) is 0 Å². The van der Waals surface area contributed by atoms with Gasteiger partial charge in [0.15, 0.2) is 0 Å². The predicted octanol–water partition coefficient (Wildman–Crippen LogP) is 3.72. The van der Waals surface area contributed by atoms with Crippen molar-refractivity contribution in [2.45, 2.75) is 13.8 Å². The fourth-order valence-corrected chi connectivity index (χ4v) is 1.52. The van der Waals surface area contributed by atoms with Gasteiger partial charge in [-0.1, -0.05) is 13.8 Å². The van der Waals surface area contributed by atoms with Gasteiger partial charge in [0.25, 0.3) is 0 Å². The van der Waals surface area contributed by atoms with Crippen molar-refractivity contribution in [1.82, 2.24) is 0 Å². The molecule has 0 rings (SSSR count). The van der Waals surface area contributed by atoms with Crippen molar-refractivity contribution in [3.63, 3.8) is 0 Å². The topological polar surface area (TPSA) is 44.8 Å². The van der Waals surface area contributed by atoms with Gasteiger partial charge in [-0.3, -0.25) is 4.52 Å². The first-order valence-electron chi connectivity index (χ1n) is 3.30. The van der Waals surface area contributed by atoms with E-state index in [1.165, 1.54) is 0 Å². The third-order valence-corrected chi connectivity index (χ3v) is 3.67. The van der Waals surface area contributed by atoms with E-state index >= 15 is 0 Å². The van der Waals surface area contributed by atoms with Crippen LogP contribution in [-0.4, -0.2) is 12.5 Å². The first-order valence-corrected chi connectivity index (χ1v) is 5.91. The maximum atomic E-state index is 11.1. The average Bonchev–Trinajstić information content (AvgIpc) is 2.14. The maximum absolute atomic E-state index is 11.1. The highest BCUT2D eigenvalue weighted by atomic mass is 35.5. The summed E-state index contributed by atoms with van der Waals surface area (Å²) in [5, 5.41) is 0. The number of phosphoric acid groups is 1. The summed E-state index contributed by atoms with van der Waals surface area (Å²) in [6.07, 6.45) is 0. The predicted molar refractivity (Wildman–Crippen MR) is 51.9 cm³/mol. The van der Waals surface area contributed by atoms with Crippen molar-refractivity contribution in [3.8, 4) is 0 Å². The van der Waals surface area contributed by atoms with Gasteiger partial charge < -0.3 is 0 Å². The summed E-state index contributed by atoms with van der Waals surface area (Å²) in [7, 11) is -3.82. The van der Waals surface area contributed by atoms with Gasteiger partial charge in [-0.2, -0.15) is 8.15 Å². The van der Waals surface area contributed by atoms with E-state index in [4.69, 9.17) is 39.9 Å². The van der Waals surface area contributed by atoms with Crippen LogP contribution in [0.2, 0.25) is 0 Å². The van der Waals surface area contributed by atoms with Crippen molar-refractivity contribution >= 4 is 43.2 Å². The highest BCUT2D eigenvalue weighted by Crippen LogP contribution is 2.52. The number of hydrogen-bond acceptors (Lipinski definition) is 4. The Balaban J connectivity index is 4.07. The molecule has 0 atom stereocenters. The first-order chi connectivity index (χ1) is 5.89. The van der Waals surface area contributed by atoms with E-state index in [9.17, 15) is 4.57 Å². The Bertz CT molecular complexity index is 190. The van der Waals surface area contributed by atoms with E-state index in [0.717, 1.165) is 0 Å². The summed E-state index contributed by atoms with van der Waals surface area (Å²) >= 11 is 15.3. The normalized spacial score (nSPS) is 13.3. The molecule has 0 aromatic rings. The van der Waals surface area contributed by atoms with Gasteiger partial charge in [-0.25, -0.2) is 4.57 Å². The molecule has 80 valence electrons. The van der Waals surface area contributed by atoms with Crippen molar-refractivity contribution < 1.29 is 17.2 Å². The van der Waals surface area contributed by atoms with Crippen LogP contribution in [0.3, 0.4) is 0 Å². The van der Waals surface area contributed by atoms with Crippen LogP contribution in [-0.2, 0) is 17.2 Å². The molecule has 0 aromatic carbocycles. The molecule has 0 aliphatic rings. The summed E-state index contributed by atoms with van der Waals surface area (Å²) in [5.41, 5.74) is -0.359. The Morgan fingerprint density at radius 3 is 2.08 bits per heavy atom. The second-order valence-electron chi connectivity index (χ2n) is 3.16. The van der Waals surface area contributed by atoms with Crippen LogP contribution in [0.5, 0.6) is 0 Å². The highest BCUT2D eigenvalue weighted by molar-refractivity contribution is 7.50. The fraction of sp³-hybridized carbons (Fsp3) is 1.00. The highest BCUT2D eigenvalue weighted by Gasteiger charge is 2.30. The summed E-state index contributed by atoms with van der Waals surface area (Å²) < 4.78 is 23.8. The van der Waals surface area contributed by atoms with Gasteiger partial charge in [-0.15, -0.1) is 11.6 Å². The van der Waals surface area contributed by atoms with Crippen molar-refractivity contribution in [2.75, 3.05) is 12.5 Å². The molecule has 0 unspecified atom stereocenters. The Labute approximate surface area is 92.3 Å². The molecular formula is C5H10Cl3O4P. The molecular weight excluding hydrogens is 261 g/mol. The molecule has 0 heterocycles. The van der Waals surface area contributed by atoms with E-state index in [-0.39, 0.29) is 12.0 Å². The Kier molecular flexibility index (Phi) is 6.20. The lowest BCUT2D eigenvalue weighted by molar-refractivity contribution is 0.154. The molecule has 0 saturated heterocycles. The SMILES string of the molecule is CC(C)(CCl)COP(=O)(OCl)OCl. The molecule has 0 saturated carbocycles.